The second-order valence-electron chi connectivity index (χ2n) is 20.0. The largest absolute Gasteiger partial charge is 0.488 e. The molecule has 0 spiro atoms. The van der Waals surface area contributed by atoms with Crippen molar-refractivity contribution < 1.29 is 49.0 Å². The SMILES string of the molecule is Cc1c(COc2cc(OCc3cncc(C#N)c3)c(CN(CC3CC3)C(CCO)C(=O)O)cc2Cl)cccc1-c1cccc(COc2cc(OCc3cncc(C#N)c3)c(CN(CC3CC3)C(CCO)C(=O)O)cc2Cl)c1C. The van der Waals surface area contributed by atoms with Gasteiger partial charge in [-0.1, -0.05) is 59.6 Å². The first-order chi connectivity index (χ1) is 37.7. The molecule has 2 aliphatic carbocycles. The molecule has 0 aliphatic heterocycles. The number of ether oxygens (including phenoxy) is 4. The Labute approximate surface area is 463 Å². The summed E-state index contributed by atoms with van der Waals surface area (Å²) < 4.78 is 25.7. The molecule has 4 aromatic carbocycles. The van der Waals surface area contributed by atoms with E-state index in [-0.39, 0.29) is 65.6 Å². The molecule has 2 aromatic heterocycles. The number of rotatable bonds is 29. The quantitative estimate of drug-likeness (QED) is 0.0342. The molecule has 4 N–H and O–H groups in total. The molecule has 0 radical (unpaired) electrons. The van der Waals surface area contributed by atoms with Gasteiger partial charge in [0.2, 0.25) is 0 Å². The van der Waals surface area contributed by atoms with E-state index in [1.807, 2.05) is 60.0 Å². The van der Waals surface area contributed by atoms with Crippen LogP contribution in [0.2, 0.25) is 10.0 Å². The van der Waals surface area contributed by atoms with E-state index in [1.165, 1.54) is 12.4 Å². The van der Waals surface area contributed by atoms with Crippen LogP contribution in [0.1, 0.15) is 94.2 Å². The summed E-state index contributed by atoms with van der Waals surface area (Å²) in [6, 6.07) is 24.6. The van der Waals surface area contributed by atoms with Crippen molar-refractivity contribution in [2.75, 3.05) is 26.3 Å². The zero-order chi connectivity index (χ0) is 55.3. The first kappa shape index (κ1) is 56.9. The van der Waals surface area contributed by atoms with Crippen LogP contribution in [0.3, 0.4) is 0 Å². The van der Waals surface area contributed by atoms with E-state index in [0.29, 0.717) is 91.3 Å². The Bertz CT molecular complexity index is 2980. The van der Waals surface area contributed by atoms with Crippen LogP contribution in [-0.2, 0) is 49.1 Å². The van der Waals surface area contributed by atoms with Crippen molar-refractivity contribution in [3.63, 3.8) is 0 Å². The van der Waals surface area contributed by atoms with Crippen molar-refractivity contribution in [3.05, 3.63) is 163 Å². The van der Waals surface area contributed by atoms with Crippen molar-refractivity contribution in [1.82, 2.24) is 19.8 Å². The van der Waals surface area contributed by atoms with E-state index < -0.39 is 24.0 Å². The smallest absolute Gasteiger partial charge is 0.321 e. The zero-order valence-electron chi connectivity index (χ0n) is 43.5. The summed E-state index contributed by atoms with van der Waals surface area (Å²) in [5.74, 6) is 0.218. The monoisotopic (exact) mass is 1100 g/mol. The van der Waals surface area contributed by atoms with Crippen molar-refractivity contribution in [2.24, 2.45) is 11.8 Å². The number of nitriles is 2. The van der Waals surface area contributed by atoms with Gasteiger partial charge in [0.15, 0.2) is 0 Å². The molecule has 6 aromatic rings. The number of hydrogen-bond acceptors (Lipinski definition) is 14. The van der Waals surface area contributed by atoms with Crippen molar-refractivity contribution in [2.45, 2.75) is 104 Å². The van der Waals surface area contributed by atoms with Crippen LogP contribution >= 0.6 is 23.2 Å². The van der Waals surface area contributed by atoms with Crippen LogP contribution in [-0.4, -0.2) is 90.5 Å². The van der Waals surface area contributed by atoms with E-state index in [0.717, 1.165) is 59.1 Å². The molecule has 2 aliphatic rings. The van der Waals surface area contributed by atoms with Crippen molar-refractivity contribution >= 4 is 35.1 Å². The lowest BCUT2D eigenvalue weighted by Crippen LogP contribution is -2.42. The van der Waals surface area contributed by atoms with Gasteiger partial charge < -0.3 is 39.4 Å². The van der Waals surface area contributed by atoms with E-state index in [4.69, 9.17) is 42.1 Å². The minimum atomic E-state index is -1.02. The third kappa shape index (κ3) is 15.0. The summed E-state index contributed by atoms with van der Waals surface area (Å²) >= 11 is 14.0. The molecular formula is C60H62Cl2N6O10. The molecule has 8 rings (SSSR count). The van der Waals surface area contributed by atoms with Crippen LogP contribution in [0.25, 0.3) is 11.1 Å². The lowest BCUT2D eigenvalue weighted by molar-refractivity contribution is -0.145. The van der Waals surface area contributed by atoms with Crippen LogP contribution in [0.5, 0.6) is 23.0 Å². The van der Waals surface area contributed by atoms with Crippen LogP contribution < -0.4 is 18.9 Å². The standard InChI is InChI=1S/C60H62Cl2N6O10/c1-37-45(35-77-57-21-55(75-33-43-17-41(23-63)25-65-27-43)47(19-51(57)61)31-67(29-39-9-10-39)53(13-15-69)59(71)72)5-3-7-49(37)50-8-4-6-46(38(50)2)36-78-58-22-56(76-34-44-18-42(24-64)26-66-28-44)48(20-52(58)62)32-68(30-40-11-12-40)54(14-16-70)60(73)74/h3-8,17-22,25-28,39-40,53-54,69-70H,9-16,29-36H2,1-2H3,(H,71,72)(H,73,74). The topological polar surface area (TPSA) is 232 Å². The predicted octanol–water partition coefficient (Wildman–Crippen LogP) is 10.2. The number of carboxylic acids is 2. The third-order valence-electron chi connectivity index (χ3n) is 14.2. The van der Waals surface area contributed by atoms with Gasteiger partial charge in [0.05, 0.1) is 21.2 Å². The molecule has 16 nitrogen and oxygen atoms in total. The molecule has 0 saturated heterocycles. The fourth-order valence-corrected chi connectivity index (χ4v) is 10.00. The number of aliphatic carboxylic acids is 2. The van der Waals surface area contributed by atoms with E-state index in [1.54, 1.807) is 48.8 Å². The number of aromatic nitrogens is 2. The maximum Gasteiger partial charge on any atom is 0.321 e. The zero-order valence-corrected chi connectivity index (χ0v) is 45.1. The average molecular weight is 1100 g/mol. The van der Waals surface area contributed by atoms with Crippen molar-refractivity contribution in [3.8, 4) is 46.3 Å². The van der Waals surface area contributed by atoms with Crippen LogP contribution in [0.4, 0.5) is 0 Å². The Kier molecular flexibility index (Phi) is 19.6. The number of pyridine rings is 2. The number of carbonyl (C=O) groups is 2. The highest BCUT2D eigenvalue weighted by atomic mass is 35.5. The minimum absolute atomic E-state index is 0.0607. The number of nitrogens with zero attached hydrogens (tertiary/aromatic N) is 6. The van der Waals surface area contributed by atoms with Gasteiger partial charge in [0.1, 0.15) is 73.6 Å². The molecule has 2 fully saturated rings. The van der Waals surface area contributed by atoms with Gasteiger partial charge in [0, 0.05) is 98.6 Å². The number of aliphatic hydroxyl groups excluding tert-OH is 2. The van der Waals surface area contributed by atoms with Gasteiger partial charge in [-0.15, -0.1) is 0 Å². The Morgan fingerprint density at radius 3 is 1.35 bits per heavy atom. The summed E-state index contributed by atoms with van der Waals surface area (Å²) in [6.45, 7) is 5.40. The van der Waals surface area contributed by atoms with Gasteiger partial charge in [-0.2, -0.15) is 10.5 Å². The Morgan fingerprint density at radius 2 is 0.987 bits per heavy atom. The summed E-state index contributed by atoms with van der Waals surface area (Å²) in [6.07, 6.45) is 10.3. The van der Waals surface area contributed by atoms with Gasteiger partial charge in [0.25, 0.3) is 0 Å². The highest BCUT2D eigenvalue weighted by molar-refractivity contribution is 6.32. The molecule has 78 heavy (non-hydrogen) atoms. The van der Waals surface area contributed by atoms with Crippen molar-refractivity contribution in [1.29, 1.82) is 10.5 Å². The normalized spacial score (nSPS) is 13.9. The molecule has 2 atom stereocenters. The van der Waals surface area contributed by atoms with Gasteiger partial charge >= 0.3 is 11.9 Å². The first-order valence-corrected chi connectivity index (χ1v) is 26.7. The number of hydrogen-bond donors (Lipinski definition) is 4. The molecule has 406 valence electrons. The minimum Gasteiger partial charge on any atom is -0.488 e. The second kappa shape index (κ2) is 26.9. The van der Waals surface area contributed by atoms with Crippen LogP contribution in [0.15, 0.2) is 97.6 Å². The molecule has 2 saturated carbocycles. The number of aliphatic hydroxyl groups is 2. The lowest BCUT2D eigenvalue weighted by atomic mass is 9.92. The van der Waals surface area contributed by atoms with Gasteiger partial charge in [-0.3, -0.25) is 29.4 Å². The lowest BCUT2D eigenvalue weighted by Gasteiger charge is -2.29. The molecule has 0 amide bonds. The highest BCUT2D eigenvalue weighted by Gasteiger charge is 2.34. The second-order valence-corrected chi connectivity index (χ2v) is 20.8. The third-order valence-corrected chi connectivity index (χ3v) is 14.8. The Morgan fingerprint density at radius 1 is 0.590 bits per heavy atom. The van der Waals surface area contributed by atoms with Crippen LogP contribution in [0, 0.1) is 48.3 Å². The maximum atomic E-state index is 12.5. The summed E-state index contributed by atoms with van der Waals surface area (Å²) in [5.41, 5.74) is 9.07. The van der Waals surface area contributed by atoms with Gasteiger partial charge in [-0.25, -0.2) is 0 Å². The van der Waals surface area contributed by atoms with E-state index >= 15 is 0 Å². The Hall–Kier alpha value is -7.28. The summed E-state index contributed by atoms with van der Waals surface area (Å²) in [4.78, 5) is 37.0. The molecule has 2 unspecified atom stereocenters. The number of carboxylic acid groups (broad SMARTS) is 2. The number of benzene rings is 4. The molecule has 18 heteroatoms. The number of halogens is 2. The maximum absolute atomic E-state index is 12.5. The molecular weight excluding hydrogens is 1040 g/mol. The average Bonchev–Trinajstić information content (AvgIpc) is 4.40. The summed E-state index contributed by atoms with van der Waals surface area (Å²) in [7, 11) is 0. The first-order valence-electron chi connectivity index (χ1n) is 25.9. The fourth-order valence-electron chi connectivity index (χ4n) is 9.52. The molecule has 0 bridgehead atoms. The van der Waals surface area contributed by atoms with E-state index in [9.17, 15) is 40.5 Å². The van der Waals surface area contributed by atoms with Gasteiger partial charge in [-0.05, 0) is 122 Å². The highest BCUT2D eigenvalue weighted by Crippen LogP contribution is 2.40. The fraction of sp³-hybridized carbons (Fsp3) is 0.367. The van der Waals surface area contributed by atoms with E-state index in [2.05, 4.69) is 22.1 Å². The Balaban J connectivity index is 1.02. The predicted molar refractivity (Wildman–Crippen MR) is 292 cm³/mol. The molecule has 2 heterocycles. The summed E-state index contributed by atoms with van der Waals surface area (Å²) in [5, 5.41) is 59.6.